The fourth-order valence-electron chi connectivity index (χ4n) is 1.57. The lowest BCUT2D eigenvalue weighted by atomic mass is 10.0. The lowest BCUT2D eigenvalue weighted by Gasteiger charge is -2.04. The number of benzene rings is 1. The number of aryl methyl sites for hydroxylation is 2. The highest BCUT2D eigenvalue weighted by molar-refractivity contribution is 5.32. The quantitative estimate of drug-likeness (QED) is 0.767. The van der Waals surface area contributed by atoms with Gasteiger partial charge in [0.15, 0.2) is 0 Å². The first-order chi connectivity index (χ1) is 6.75. The van der Waals surface area contributed by atoms with E-state index in [9.17, 15) is 0 Å². The van der Waals surface area contributed by atoms with E-state index in [4.69, 9.17) is 0 Å². The summed E-state index contributed by atoms with van der Waals surface area (Å²) in [6, 6.07) is 6.52. The summed E-state index contributed by atoms with van der Waals surface area (Å²) >= 11 is 0. The topological polar surface area (TPSA) is 28.7 Å². The highest BCUT2D eigenvalue weighted by Gasteiger charge is 2.01. The van der Waals surface area contributed by atoms with Gasteiger partial charge in [-0.1, -0.05) is 23.8 Å². The van der Waals surface area contributed by atoms with Crippen LogP contribution in [0.25, 0.3) is 0 Å². The van der Waals surface area contributed by atoms with E-state index < -0.39 is 0 Å². The highest BCUT2D eigenvalue weighted by Crippen LogP contribution is 2.13. The van der Waals surface area contributed by atoms with Crippen LogP contribution in [0.5, 0.6) is 0 Å². The van der Waals surface area contributed by atoms with E-state index in [1.54, 1.807) is 6.20 Å². The van der Waals surface area contributed by atoms with Crippen LogP contribution in [0.4, 0.5) is 0 Å². The predicted octanol–water partition coefficient (Wildman–Crippen LogP) is 2.62. The largest absolute Gasteiger partial charge is 0.348 e. The second kappa shape index (κ2) is 3.66. The molecular formula is C12H14N2. The zero-order chi connectivity index (χ0) is 9.97. The van der Waals surface area contributed by atoms with Crippen LogP contribution in [0.3, 0.4) is 0 Å². The number of nitrogens with one attached hydrogen (secondary N) is 1. The molecule has 2 rings (SSSR count). The molecule has 1 aromatic heterocycles. The molecule has 2 aromatic rings. The predicted molar refractivity (Wildman–Crippen MR) is 57.3 cm³/mol. The molecular weight excluding hydrogens is 172 g/mol. The van der Waals surface area contributed by atoms with Gasteiger partial charge >= 0.3 is 0 Å². The van der Waals surface area contributed by atoms with Crippen molar-refractivity contribution >= 4 is 0 Å². The van der Waals surface area contributed by atoms with Gasteiger partial charge in [0.05, 0.1) is 0 Å². The van der Waals surface area contributed by atoms with Crippen molar-refractivity contribution in [2.75, 3.05) is 0 Å². The van der Waals surface area contributed by atoms with Crippen molar-refractivity contribution in [1.82, 2.24) is 9.97 Å². The van der Waals surface area contributed by atoms with Crippen LogP contribution in [0, 0.1) is 13.8 Å². The van der Waals surface area contributed by atoms with Crippen LogP contribution in [-0.4, -0.2) is 9.97 Å². The van der Waals surface area contributed by atoms with Crippen molar-refractivity contribution in [3.05, 3.63) is 53.1 Å². The van der Waals surface area contributed by atoms with Gasteiger partial charge < -0.3 is 4.98 Å². The van der Waals surface area contributed by atoms with Crippen molar-refractivity contribution in [1.29, 1.82) is 0 Å². The SMILES string of the molecule is Cc1ccc(C)c(Cc2ncc[nH]2)c1. The Bertz CT molecular complexity index is 416. The molecule has 14 heavy (non-hydrogen) atoms. The molecule has 1 N–H and O–H groups in total. The van der Waals surface area contributed by atoms with Crippen LogP contribution in [0.2, 0.25) is 0 Å². The van der Waals surface area contributed by atoms with Gasteiger partial charge in [-0.25, -0.2) is 4.98 Å². The van der Waals surface area contributed by atoms with E-state index >= 15 is 0 Å². The molecule has 0 amide bonds. The average Bonchev–Trinajstić information content (AvgIpc) is 2.64. The summed E-state index contributed by atoms with van der Waals surface area (Å²) in [6.07, 6.45) is 4.54. The Morgan fingerprint density at radius 2 is 2.14 bits per heavy atom. The molecule has 1 heterocycles. The fraction of sp³-hybridized carbons (Fsp3) is 0.250. The van der Waals surface area contributed by atoms with Gasteiger partial charge in [0.25, 0.3) is 0 Å². The number of H-pyrrole nitrogens is 1. The van der Waals surface area contributed by atoms with Crippen molar-refractivity contribution < 1.29 is 0 Å². The zero-order valence-corrected chi connectivity index (χ0v) is 8.54. The van der Waals surface area contributed by atoms with Gasteiger partial charge in [-0.2, -0.15) is 0 Å². The minimum absolute atomic E-state index is 0.889. The summed E-state index contributed by atoms with van der Waals surface area (Å²) < 4.78 is 0. The van der Waals surface area contributed by atoms with Gasteiger partial charge in [0.2, 0.25) is 0 Å². The van der Waals surface area contributed by atoms with E-state index in [0.29, 0.717) is 0 Å². The van der Waals surface area contributed by atoms with Crippen LogP contribution >= 0.6 is 0 Å². The van der Waals surface area contributed by atoms with Crippen molar-refractivity contribution in [3.8, 4) is 0 Å². The average molecular weight is 186 g/mol. The van der Waals surface area contributed by atoms with Crippen molar-refractivity contribution in [2.24, 2.45) is 0 Å². The lowest BCUT2D eigenvalue weighted by Crippen LogP contribution is -1.94. The van der Waals surface area contributed by atoms with Crippen molar-refractivity contribution in [2.45, 2.75) is 20.3 Å². The van der Waals surface area contributed by atoms with Gasteiger partial charge in [0.1, 0.15) is 5.82 Å². The monoisotopic (exact) mass is 186 g/mol. The molecule has 0 saturated carbocycles. The van der Waals surface area contributed by atoms with E-state index in [1.165, 1.54) is 16.7 Å². The molecule has 2 heteroatoms. The number of imidazole rings is 1. The van der Waals surface area contributed by atoms with Crippen LogP contribution < -0.4 is 0 Å². The summed E-state index contributed by atoms with van der Waals surface area (Å²) in [4.78, 5) is 7.35. The summed E-state index contributed by atoms with van der Waals surface area (Å²) in [5, 5.41) is 0. The fourth-order valence-corrected chi connectivity index (χ4v) is 1.57. The molecule has 0 saturated heterocycles. The number of nitrogens with zero attached hydrogens (tertiary/aromatic N) is 1. The third-order valence-electron chi connectivity index (χ3n) is 2.42. The van der Waals surface area contributed by atoms with Gasteiger partial charge in [-0.3, -0.25) is 0 Å². The smallest absolute Gasteiger partial charge is 0.110 e. The first-order valence-electron chi connectivity index (χ1n) is 4.80. The molecule has 0 radical (unpaired) electrons. The third-order valence-corrected chi connectivity index (χ3v) is 2.42. The first-order valence-corrected chi connectivity index (χ1v) is 4.80. The molecule has 0 atom stereocenters. The lowest BCUT2D eigenvalue weighted by molar-refractivity contribution is 1.01. The van der Waals surface area contributed by atoms with Gasteiger partial charge in [0, 0.05) is 18.8 Å². The number of aromatic amines is 1. The number of aromatic nitrogens is 2. The maximum atomic E-state index is 4.23. The van der Waals surface area contributed by atoms with Crippen LogP contribution in [-0.2, 0) is 6.42 Å². The Labute approximate surface area is 84.0 Å². The maximum absolute atomic E-state index is 4.23. The Morgan fingerprint density at radius 1 is 1.29 bits per heavy atom. The molecule has 0 bridgehead atoms. The first kappa shape index (κ1) is 9.00. The molecule has 1 aromatic carbocycles. The minimum Gasteiger partial charge on any atom is -0.348 e. The third kappa shape index (κ3) is 1.84. The van der Waals surface area contributed by atoms with Gasteiger partial charge in [-0.15, -0.1) is 0 Å². The molecule has 0 aliphatic heterocycles. The number of hydrogen-bond acceptors (Lipinski definition) is 1. The number of hydrogen-bond donors (Lipinski definition) is 1. The summed E-state index contributed by atoms with van der Waals surface area (Å²) in [5.74, 6) is 1.03. The molecule has 0 spiro atoms. The van der Waals surface area contributed by atoms with E-state index in [0.717, 1.165) is 12.2 Å². The Kier molecular flexibility index (Phi) is 2.35. The Hall–Kier alpha value is -1.57. The van der Waals surface area contributed by atoms with Crippen LogP contribution in [0.1, 0.15) is 22.5 Å². The van der Waals surface area contributed by atoms with Crippen LogP contribution in [0.15, 0.2) is 30.6 Å². The molecule has 72 valence electrons. The second-order valence-corrected chi connectivity index (χ2v) is 3.64. The minimum atomic E-state index is 0.889. The zero-order valence-electron chi connectivity index (χ0n) is 8.54. The standard InChI is InChI=1S/C12H14N2/c1-9-3-4-10(2)11(7-9)8-12-13-5-6-14-12/h3-7H,8H2,1-2H3,(H,13,14). The Balaban J connectivity index is 2.28. The summed E-state index contributed by atoms with van der Waals surface area (Å²) in [7, 11) is 0. The molecule has 0 aliphatic carbocycles. The molecule has 2 nitrogen and oxygen atoms in total. The number of rotatable bonds is 2. The van der Waals surface area contributed by atoms with Gasteiger partial charge in [-0.05, 0) is 25.0 Å². The van der Waals surface area contributed by atoms with E-state index in [2.05, 4.69) is 42.0 Å². The van der Waals surface area contributed by atoms with Crippen molar-refractivity contribution in [3.63, 3.8) is 0 Å². The maximum Gasteiger partial charge on any atom is 0.110 e. The molecule has 0 aliphatic rings. The van der Waals surface area contributed by atoms with E-state index in [1.807, 2.05) is 6.20 Å². The summed E-state index contributed by atoms with van der Waals surface area (Å²) in [6.45, 7) is 4.25. The van der Waals surface area contributed by atoms with E-state index in [-0.39, 0.29) is 0 Å². The highest BCUT2D eigenvalue weighted by atomic mass is 14.9. The summed E-state index contributed by atoms with van der Waals surface area (Å²) in [5.41, 5.74) is 3.98. The second-order valence-electron chi connectivity index (χ2n) is 3.64. The molecule has 0 unspecified atom stereocenters. The Morgan fingerprint density at radius 3 is 2.86 bits per heavy atom. The normalized spacial score (nSPS) is 10.4. The molecule has 0 fully saturated rings.